The van der Waals surface area contributed by atoms with Crippen LogP contribution >= 0.6 is 0 Å². The van der Waals surface area contributed by atoms with E-state index in [1.54, 1.807) is 30.5 Å². The highest BCUT2D eigenvalue weighted by molar-refractivity contribution is 5.92. The van der Waals surface area contributed by atoms with Crippen molar-refractivity contribution in [2.24, 2.45) is 0 Å². The van der Waals surface area contributed by atoms with Crippen LogP contribution in [0.3, 0.4) is 0 Å². The highest BCUT2D eigenvalue weighted by Crippen LogP contribution is 2.24. The van der Waals surface area contributed by atoms with E-state index in [1.807, 2.05) is 31.2 Å². The lowest BCUT2D eigenvalue weighted by atomic mass is 10.2. The minimum Gasteiger partial charge on any atom is -0.493 e. The molecule has 3 aromatic rings. The first-order valence-corrected chi connectivity index (χ1v) is 9.19. The minimum absolute atomic E-state index is 0.0977. The van der Waals surface area contributed by atoms with Gasteiger partial charge in [0.15, 0.2) is 11.6 Å². The van der Waals surface area contributed by atoms with E-state index in [-0.39, 0.29) is 18.2 Å². The number of hydrogen-bond acceptors (Lipinski definition) is 4. The Morgan fingerprint density at radius 2 is 2.00 bits per heavy atom. The van der Waals surface area contributed by atoms with E-state index in [4.69, 9.17) is 9.47 Å². The summed E-state index contributed by atoms with van der Waals surface area (Å²) in [5.41, 5.74) is 1.44. The number of carbonyl (C=O) groups is 1. The van der Waals surface area contributed by atoms with Crippen LogP contribution in [0.2, 0.25) is 0 Å². The normalized spacial score (nSPS) is 10.7. The first kappa shape index (κ1) is 20.1. The van der Waals surface area contributed by atoms with Gasteiger partial charge in [0.05, 0.1) is 12.8 Å². The van der Waals surface area contributed by atoms with Crippen LogP contribution in [0.15, 0.2) is 73.1 Å². The van der Waals surface area contributed by atoms with E-state index in [0.717, 1.165) is 5.56 Å². The molecule has 3 rings (SSSR count). The number of ether oxygens (including phenoxy) is 2. The Labute approximate surface area is 168 Å². The predicted octanol–water partition coefficient (Wildman–Crippen LogP) is 4.74. The SMILES string of the molecule is CCOc1ccccc1/C=C/C(=O)NCc1ccc(Oc2cccnc2)c(F)c1. The fraction of sp³-hybridized carbons (Fsp3) is 0.130. The average Bonchev–Trinajstić information content (AvgIpc) is 2.74. The van der Waals surface area contributed by atoms with Crippen molar-refractivity contribution in [3.63, 3.8) is 0 Å². The molecule has 1 amide bonds. The summed E-state index contributed by atoms with van der Waals surface area (Å²) in [4.78, 5) is 16.0. The molecular formula is C23H21FN2O3. The Balaban J connectivity index is 1.57. The summed E-state index contributed by atoms with van der Waals surface area (Å²) in [5.74, 6) is 0.463. The fourth-order valence-corrected chi connectivity index (χ4v) is 2.59. The summed E-state index contributed by atoms with van der Waals surface area (Å²) < 4.78 is 25.2. The molecule has 0 fully saturated rings. The largest absolute Gasteiger partial charge is 0.493 e. The summed E-state index contributed by atoms with van der Waals surface area (Å²) in [5, 5.41) is 2.73. The van der Waals surface area contributed by atoms with Crippen LogP contribution in [-0.4, -0.2) is 17.5 Å². The van der Waals surface area contributed by atoms with Crippen LogP contribution in [0.25, 0.3) is 6.08 Å². The number of pyridine rings is 1. The van der Waals surface area contributed by atoms with Gasteiger partial charge >= 0.3 is 0 Å². The van der Waals surface area contributed by atoms with Crippen molar-refractivity contribution in [2.45, 2.75) is 13.5 Å². The molecule has 0 aliphatic heterocycles. The van der Waals surface area contributed by atoms with Crippen molar-refractivity contribution in [3.8, 4) is 17.2 Å². The van der Waals surface area contributed by atoms with Crippen molar-refractivity contribution in [2.75, 3.05) is 6.61 Å². The molecule has 148 valence electrons. The lowest BCUT2D eigenvalue weighted by molar-refractivity contribution is -0.116. The molecule has 5 nitrogen and oxygen atoms in total. The first-order valence-electron chi connectivity index (χ1n) is 9.19. The monoisotopic (exact) mass is 392 g/mol. The van der Waals surface area contributed by atoms with Crippen molar-refractivity contribution in [1.82, 2.24) is 10.3 Å². The molecule has 0 unspecified atom stereocenters. The maximum Gasteiger partial charge on any atom is 0.244 e. The van der Waals surface area contributed by atoms with Gasteiger partial charge in [-0.2, -0.15) is 0 Å². The fourth-order valence-electron chi connectivity index (χ4n) is 2.59. The third-order valence-electron chi connectivity index (χ3n) is 3.96. The van der Waals surface area contributed by atoms with E-state index in [1.165, 1.54) is 24.4 Å². The Morgan fingerprint density at radius 3 is 2.76 bits per heavy atom. The third kappa shape index (κ3) is 5.90. The van der Waals surface area contributed by atoms with Gasteiger partial charge in [0.2, 0.25) is 5.91 Å². The van der Waals surface area contributed by atoms with Gasteiger partial charge in [-0.05, 0) is 48.9 Å². The van der Waals surface area contributed by atoms with Crippen LogP contribution in [0, 0.1) is 5.82 Å². The molecule has 0 spiro atoms. The van der Waals surface area contributed by atoms with Gasteiger partial charge in [-0.15, -0.1) is 0 Å². The zero-order chi connectivity index (χ0) is 20.5. The predicted molar refractivity (Wildman–Crippen MR) is 109 cm³/mol. The van der Waals surface area contributed by atoms with Gasteiger partial charge in [-0.3, -0.25) is 9.78 Å². The number of carbonyl (C=O) groups excluding carboxylic acids is 1. The van der Waals surface area contributed by atoms with Crippen molar-refractivity contribution in [3.05, 3.63) is 90.0 Å². The van der Waals surface area contributed by atoms with Gasteiger partial charge in [-0.1, -0.05) is 24.3 Å². The van der Waals surface area contributed by atoms with Crippen molar-refractivity contribution >= 4 is 12.0 Å². The third-order valence-corrected chi connectivity index (χ3v) is 3.96. The standard InChI is InChI=1S/C23H21FN2O3/c1-2-28-21-8-4-3-6-18(21)10-12-23(27)26-15-17-9-11-22(20(24)14-17)29-19-7-5-13-25-16-19/h3-14,16H,2,15H2,1H3,(H,26,27)/b12-10+. The van der Waals surface area contributed by atoms with Gasteiger partial charge in [-0.25, -0.2) is 4.39 Å². The number of halogens is 1. The molecule has 1 N–H and O–H groups in total. The number of aromatic nitrogens is 1. The first-order chi connectivity index (χ1) is 14.2. The highest BCUT2D eigenvalue weighted by Gasteiger charge is 2.07. The quantitative estimate of drug-likeness (QED) is 0.563. The van der Waals surface area contributed by atoms with Crippen molar-refractivity contribution in [1.29, 1.82) is 0 Å². The molecular weight excluding hydrogens is 371 g/mol. The molecule has 0 saturated carbocycles. The molecule has 2 aromatic carbocycles. The Morgan fingerprint density at radius 1 is 1.14 bits per heavy atom. The van der Waals surface area contributed by atoms with Crippen LogP contribution < -0.4 is 14.8 Å². The number of nitrogens with zero attached hydrogens (tertiary/aromatic N) is 1. The maximum absolute atomic E-state index is 14.3. The number of hydrogen-bond donors (Lipinski definition) is 1. The topological polar surface area (TPSA) is 60.5 Å². The number of nitrogens with one attached hydrogen (secondary N) is 1. The van der Waals surface area contributed by atoms with E-state index < -0.39 is 5.82 Å². The average molecular weight is 392 g/mol. The second-order valence-electron chi connectivity index (χ2n) is 6.08. The smallest absolute Gasteiger partial charge is 0.244 e. The molecule has 0 atom stereocenters. The lowest BCUT2D eigenvalue weighted by Crippen LogP contribution is -2.20. The zero-order valence-corrected chi connectivity index (χ0v) is 16.0. The van der Waals surface area contributed by atoms with E-state index >= 15 is 0 Å². The van der Waals surface area contributed by atoms with Gasteiger partial charge < -0.3 is 14.8 Å². The maximum atomic E-state index is 14.3. The summed E-state index contributed by atoms with van der Waals surface area (Å²) >= 11 is 0. The molecule has 0 bridgehead atoms. The molecule has 1 heterocycles. The van der Waals surface area contributed by atoms with E-state index in [0.29, 0.717) is 23.7 Å². The molecule has 29 heavy (non-hydrogen) atoms. The van der Waals surface area contributed by atoms with Gasteiger partial charge in [0.25, 0.3) is 0 Å². The molecule has 0 radical (unpaired) electrons. The number of benzene rings is 2. The van der Waals surface area contributed by atoms with E-state index in [2.05, 4.69) is 10.3 Å². The second-order valence-corrected chi connectivity index (χ2v) is 6.08. The van der Waals surface area contributed by atoms with Crippen LogP contribution in [0.1, 0.15) is 18.1 Å². The molecule has 0 aliphatic rings. The van der Waals surface area contributed by atoms with Gasteiger partial charge in [0, 0.05) is 24.4 Å². The number of amides is 1. The summed E-state index contributed by atoms with van der Waals surface area (Å²) in [6.07, 6.45) is 6.22. The molecule has 0 saturated heterocycles. The van der Waals surface area contributed by atoms with Crippen LogP contribution in [-0.2, 0) is 11.3 Å². The lowest BCUT2D eigenvalue weighted by Gasteiger charge is -2.08. The second kappa shape index (κ2) is 10.0. The summed E-state index contributed by atoms with van der Waals surface area (Å²) in [6, 6.07) is 15.4. The highest BCUT2D eigenvalue weighted by atomic mass is 19.1. The van der Waals surface area contributed by atoms with Crippen LogP contribution in [0.4, 0.5) is 4.39 Å². The Kier molecular flexibility index (Phi) is 6.95. The molecule has 0 aliphatic carbocycles. The zero-order valence-electron chi connectivity index (χ0n) is 16.0. The molecule has 6 heteroatoms. The summed E-state index contributed by atoms with van der Waals surface area (Å²) in [6.45, 7) is 2.64. The van der Waals surface area contributed by atoms with Crippen LogP contribution in [0.5, 0.6) is 17.2 Å². The van der Waals surface area contributed by atoms with Crippen molar-refractivity contribution < 1.29 is 18.7 Å². The Hall–Kier alpha value is -3.67. The summed E-state index contributed by atoms with van der Waals surface area (Å²) in [7, 11) is 0. The number of para-hydroxylation sites is 1. The molecule has 1 aromatic heterocycles. The number of rotatable bonds is 8. The minimum atomic E-state index is -0.512. The Bertz CT molecular complexity index is 990. The van der Waals surface area contributed by atoms with E-state index in [9.17, 15) is 9.18 Å². The van der Waals surface area contributed by atoms with Gasteiger partial charge in [0.1, 0.15) is 11.5 Å².